The molecule has 1 aliphatic rings. The number of carbonyl (C=O) groups excluding carboxylic acids is 2. The molecule has 3 amide bonds. The van der Waals surface area contributed by atoms with Gasteiger partial charge in [0, 0.05) is 10.7 Å². The minimum absolute atomic E-state index is 0.0933. The molecule has 0 unspecified atom stereocenters. The van der Waals surface area contributed by atoms with Gasteiger partial charge < -0.3 is 15.4 Å². The van der Waals surface area contributed by atoms with E-state index < -0.39 is 17.5 Å². The van der Waals surface area contributed by atoms with Crippen LogP contribution in [0.3, 0.4) is 0 Å². The number of amides is 3. The number of hydrogen-bond acceptors (Lipinski definition) is 4. The number of benzene rings is 2. The van der Waals surface area contributed by atoms with Gasteiger partial charge in [0.2, 0.25) is 0 Å². The number of rotatable bonds is 4. The van der Waals surface area contributed by atoms with Crippen LogP contribution in [0.2, 0.25) is 5.02 Å². The normalized spacial score (nSPS) is 18.9. The number of thiocarbonyl (C=S) groups is 1. The molecule has 2 aromatic rings. The highest BCUT2D eigenvalue weighted by Crippen LogP contribution is 2.30. The predicted octanol–water partition coefficient (Wildman–Crippen LogP) is 3.02. The summed E-state index contributed by atoms with van der Waals surface area (Å²) in [6, 6.07) is 13.2. The molecule has 7 nitrogen and oxygen atoms in total. The van der Waals surface area contributed by atoms with Crippen LogP contribution in [-0.4, -0.2) is 29.2 Å². The molecule has 3 N–H and O–H groups in total. The molecule has 1 fully saturated rings. The summed E-state index contributed by atoms with van der Waals surface area (Å²) in [7, 11) is 1.53. The molecular formula is C18H17ClN4O3S. The summed E-state index contributed by atoms with van der Waals surface area (Å²) in [5.41, 5.74) is 2.65. The summed E-state index contributed by atoms with van der Waals surface area (Å²) in [5.74, 6) is 0.100. The van der Waals surface area contributed by atoms with Crippen LogP contribution >= 0.6 is 23.8 Å². The van der Waals surface area contributed by atoms with Gasteiger partial charge in [0.15, 0.2) is 5.11 Å². The molecule has 9 heteroatoms. The van der Waals surface area contributed by atoms with E-state index in [9.17, 15) is 9.59 Å². The zero-order valence-corrected chi connectivity index (χ0v) is 16.1. The smallest absolute Gasteiger partial charge is 0.344 e. The molecule has 0 bridgehead atoms. The second-order valence-electron chi connectivity index (χ2n) is 6.00. The Hall–Kier alpha value is -2.84. The fraction of sp³-hybridized carbons (Fsp3) is 0.167. The van der Waals surface area contributed by atoms with E-state index in [0.29, 0.717) is 22.0 Å². The fourth-order valence-electron chi connectivity index (χ4n) is 2.66. The van der Waals surface area contributed by atoms with Gasteiger partial charge in [0.05, 0.1) is 7.11 Å². The second-order valence-corrected chi connectivity index (χ2v) is 6.85. The summed E-state index contributed by atoms with van der Waals surface area (Å²) in [4.78, 5) is 25.3. The number of ether oxygens (including phenoxy) is 1. The molecule has 0 radical (unpaired) electrons. The summed E-state index contributed by atoms with van der Waals surface area (Å²) in [6.07, 6.45) is 0. The van der Waals surface area contributed by atoms with Crippen molar-refractivity contribution in [1.29, 1.82) is 0 Å². The number of methoxy groups -OCH3 is 1. The van der Waals surface area contributed by atoms with Crippen molar-refractivity contribution in [2.24, 2.45) is 0 Å². The maximum Gasteiger partial charge on any atom is 0.344 e. The van der Waals surface area contributed by atoms with Crippen LogP contribution in [0, 0.1) is 0 Å². The van der Waals surface area contributed by atoms with Crippen LogP contribution in [0.1, 0.15) is 12.5 Å². The Morgan fingerprint density at radius 1 is 1.22 bits per heavy atom. The first-order valence-electron chi connectivity index (χ1n) is 7.98. The molecule has 1 saturated heterocycles. The van der Waals surface area contributed by atoms with E-state index in [1.165, 1.54) is 7.11 Å². The summed E-state index contributed by atoms with van der Waals surface area (Å²) in [5, 5.41) is 7.11. The Bertz CT molecular complexity index is 906. The number of nitrogens with zero attached hydrogens (tertiary/aromatic N) is 1. The Morgan fingerprint density at radius 2 is 1.93 bits per heavy atom. The summed E-state index contributed by atoms with van der Waals surface area (Å²) < 4.78 is 5.19. The number of hydrazine groups is 1. The van der Waals surface area contributed by atoms with E-state index in [0.717, 1.165) is 5.01 Å². The topological polar surface area (TPSA) is 82.7 Å². The molecule has 3 rings (SSSR count). The van der Waals surface area contributed by atoms with Crippen LogP contribution in [0.4, 0.5) is 10.5 Å². The quantitative estimate of drug-likeness (QED) is 0.536. The van der Waals surface area contributed by atoms with E-state index in [1.54, 1.807) is 55.5 Å². The monoisotopic (exact) mass is 404 g/mol. The van der Waals surface area contributed by atoms with E-state index in [1.807, 2.05) is 0 Å². The fourth-order valence-corrected chi connectivity index (χ4v) is 3.00. The van der Waals surface area contributed by atoms with Crippen molar-refractivity contribution in [2.45, 2.75) is 12.5 Å². The van der Waals surface area contributed by atoms with Gasteiger partial charge in [-0.2, -0.15) is 5.01 Å². The average Bonchev–Trinajstić information content (AvgIpc) is 2.88. The third kappa shape index (κ3) is 3.81. The van der Waals surface area contributed by atoms with E-state index in [2.05, 4.69) is 16.1 Å². The van der Waals surface area contributed by atoms with Crippen molar-refractivity contribution < 1.29 is 14.3 Å². The largest absolute Gasteiger partial charge is 0.497 e. The predicted molar refractivity (Wildman–Crippen MR) is 107 cm³/mol. The number of imide groups is 1. The number of hydrogen-bond donors (Lipinski definition) is 3. The minimum Gasteiger partial charge on any atom is -0.497 e. The van der Waals surface area contributed by atoms with Crippen molar-refractivity contribution >= 4 is 46.6 Å². The first kappa shape index (κ1) is 18.9. The highest BCUT2D eigenvalue weighted by Gasteiger charge is 2.50. The molecule has 1 aliphatic heterocycles. The van der Waals surface area contributed by atoms with E-state index >= 15 is 0 Å². The van der Waals surface area contributed by atoms with Crippen LogP contribution in [0.25, 0.3) is 0 Å². The molecule has 27 heavy (non-hydrogen) atoms. The summed E-state index contributed by atoms with van der Waals surface area (Å²) in [6.45, 7) is 1.62. The highest BCUT2D eigenvalue weighted by molar-refractivity contribution is 7.80. The SMILES string of the molecule is COc1cccc([C@]2(C)NC(=O)N(NC(=S)Nc3ccc(Cl)cc3)C2=O)c1. The van der Waals surface area contributed by atoms with Gasteiger partial charge in [-0.1, -0.05) is 23.7 Å². The Kier molecular flexibility index (Phi) is 5.20. The molecule has 1 atom stereocenters. The van der Waals surface area contributed by atoms with Crippen molar-refractivity contribution in [3.05, 3.63) is 59.1 Å². The van der Waals surface area contributed by atoms with Gasteiger partial charge in [-0.25, -0.2) is 4.79 Å². The van der Waals surface area contributed by atoms with E-state index in [-0.39, 0.29) is 5.11 Å². The molecule has 1 heterocycles. The van der Waals surface area contributed by atoms with Gasteiger partial charge in [-0.15, -0.1) is 0 Å². The molecule has 0 aromatic heterocycles. The van der Waals surface area contributed by atoms with Gasteiger partial charge in [0.1, 0.15) is 11.3 Å². The van der Waals surface area contributed by atoms with Gasteiger partial charge in [0.25, 0.3) is 5.91 Å². The van der Waals surface area contributed by atoms with Crippen LogP contribution < -0.4 is 20.8 Å². The van der Waals surface area contributed by atoms with Crippen molar-refractivity contribution in [3.8, 4) is 5.75 Å². The Balaban J connectivity index is 1.75. The maximum absolute atomic E-state index is 12.9. The lowest BCUT2D eigenvalue weighted by atomic mass is 9.92. The maximum atomic E-state index is 12.9. The number of nitrogens with one attached hydrogen (secondary N) is 3. The van der Waals surface area contributed by atoms with Gasteiger partial charge in [-0.3, -0.25) is 10.2 Å². The third-order valence-corrected chi connectivity index (χ3v) is 4.60. The van der Waals surface area contributed by atoms with Crippen LogP contribution in [-0.2, 0) is 10.3 Å². The molecule has 0 saturated carbocycles. The molecule has 140 valence electrons. The number of halogens is 1. The van der Waals surface area contributed by atoms with Crippen molar-refractivity contribution in [1.82, 2.24) is 15.8 Å². The molecule has 0 aliphatic carbocycles. The molecule has 0 spiro atoms. The average molecular weight is 405 g/mol. The lowest BCUT2D eigenvalue weighted by Crippen LogP contribution is -2.49. The Morgan fingerprint density at radius 3 is 2.59 bits per heavy atom. The number of anilines is 1. The first-order chi connectivity index (χ1) is 12.8. The molecular weight excluding hydrogens is 388 g/mol. The third-order valence-electron chi connectivity index (χ3n) is 4.15. The minimum atomic E-state index is -1.24. The van der Waals surface area contributed by atoms with Crippen LogP contribution in [0.15, 0.2) is 48.5 Å². The van der Waals surface area contributed by atoms with Gasteiger partial charge >= 0.3 is 6.03 Å². The molecule has 2 aromatic carbocycles. The van der Waals surface area contributed by atoms with Crippen LogP contribution in [0.5, 0.6) is 5.75 Å². The van der Waals surface area contributed by atoms with E-state index in [4.69, 9.17) is 28.6 Å². The Labute approximate surface area is 166 Å². The standard InChI is InChI=1S/C18H17ClN4O3S/c1-18(11-4-3-5-14(10-11)26-2)15(24)23(17(25)21-18)22-16(27)20-13-8-6-12(19)7-9-13/h3-10H,1-2H3,(H,21,25)(H2,20,22,27)/t18-/m0/s1. The summed E-state index contributed by atoms with van der Waals surface area (Å²) >= 11 is 11.0. The lowest BCUT2D eigenvalue weighted by Gasteiger charge is -2.23. The van der Waals surface area contributed by atoms with Gasteiger partial charge in [-0.05, 0) is 61.1 Å². The zero-order valence-electron chi connectivity index (χ0n) is 14.6. The zero-order chi connectivity index (χ0) is 19.6. The van der Waals surface area contributed by atoms with Crippen molar-refractivity contribution in [2.75, 3.05) is 12.4 Å². The second kappa shape index (κ2) is 7.42. The lowest BCUT2D eigenvalue weighted by molar-refractivity contribution is -0.132. The number of carbonyl (C=O) groups is 2. The first-order valence-corrected chi connectivity index (χ1v) is 8.76. The van der Waals surface area contributed by atoms with Crippen molar-refractivity contribution in [3.63, 3.8) is 0 Å². The highest BCUT2D eigenvalue weighted by atomic mass is 35.5. The number of urea groups is 1.